The Labute approximate surface area is 159 Å². The summed E-state index contributed by atoms with van der Waals surface area (Å²) >= 11 is 1.60. The van der Waals surface area contributed by atoms with E-state index in [0.29, 0.717) is 5.69 Å². The highest BCUT2D eigenvalue weighted by molar-refractivity contribution is 7.21. The molecule has 1 saturated heterocycles. The van der Waals surface area contributed by atoms with Crippen molar-refractivity contribution in [2.24, 2.45) is 0 Å². The topological polar surface area (TPSA) is 77.5 Å². The van der Waals surface area contributed by atoms with E-state index >= 15 is 0 Å². The molecule has 2 heterocycles. The first-order chi connectivity index (χ1) is 12.9. The molecule has 1 aliphatic rings. The molecule has 136 valence electrons. The van der Waals surface area contributed by atoms with Crippen LogP contribution in [0.2, 0.25) is 0 Å². The molecule has 0 atom stereocenters. The number of thiazole rings is 1. The summed E-state index contributed by atoms with van der Waals surface area (Å²) in [5, 5.41) is 3.85. The summed E-state index contributed by atoms with van der Waals surface area (Å²) in [6.45, 7) is 3.02. The number of ether oxygens (including phenoxy) is 2. The van der Waals surface area contributed by atoms with Gasteiger partial charge in [-0.2, -0.15) is 0 Å². The van der Waals surface area contributed by atoms with E-state index in [0.717, 1.165) is 20.8 Å². The molecule has 0 saturated carbocycles. The number of para-hydroxylation sites is 1. The first-order valence-corrected chi connectivity index (χ1v) is 9.12. The number of benzene rings is 2. The Balaban J connectivity index is 1.58. The maximum absolute atomic E-state index is 12.0. The van der Waals surface area contributed by atoms with Gasteiger partial charge in [0.1, 0.15) is 5.01 Å². The molecular formula is C20H16N2O4S. The molecule has 1 N–H and O–H groups in total. The molecule has 6 nitrogen and oxygen atoms in total. The second kappa shape index (κ2) is 6.51. The van der Waals surface area contributed by atoms with Crippen molar-refractivity contribution in [1.82, 2.24) is 4.98 Å². The number of hydrogen-bond donors (Lipinski definition) is 1. The predicted octanol–water partition coefficient (Wildman–Crippen LogP) is 4.10. The smallest absolute Gasteiger partial charge is 0.350 e. The highest BCUT2D eigenvalue weighted by atomic mass is 32.1. The highest BCUT2D eigenvalue weighted by Crippen LogP contribution is 2.31. The fourth-order valence-corrected chi connectivity index (χ4v) is 3.63. The van der Waals surface area contributed by atoms with Crippen LogP contribution in [-0.2, 0) is 19.1 Å². The second-order valence-electron chi connectivity index (χ2n) is 6.45. The van der Waals surface area contributed by atoms with Crippen molar-refractivity contribution in [2.75, 3.05) is 5.32 Å². The van der Waals surface area contributed by atoms with Gasteiger partial charge in [-0.15, -0.1) is 11.3 Å². The van der Waals surface area contributed by atoms with E-state index in [9.17, 15) is 9.59 Å². The van der Waals surface area contributed by atoms with Gasteiger partial charge < -0.3 is 14.8 Å². The van der Waals surface area contributed by atoms with E-state index in [1.807, 2.05) is 48.5 Å². The molecule has 27 heavy (non-hydrogen) atoms. The molecule has 0 radical (unpaired) electrons. The zero-order chi connectivity index (χ0) is 19.0. The second-order valence-corrected chi connectivity index (χ2v) is 7.48. The average Bonchev–Trinajstić information content (AvgIpc) is 3.04. The third-order valence-electron chi connectivity index (χ3n) is 3.90. The zero-order valence-electron chi connectivity index (χ0n) is 14.7. The van der Waals surface area contributed by atoms with Gasteiger partial charge in [0.25, 0.3) is 5.79 Å². The summed E-state index contributed by atoms with van der Waals surface area (Å²) < 4.78 is 11.3. The molecule has 0 spiro atoms. The van der Waals surface area contributed by atoms with Crippen LogP contribution >= 0.6 is 11.3 Å². The third kappa shape index (κ3) is 3.54. The zero-order valence-corrected chi connectivity index (χ0v) is 15.5. The largest absolute Gasteiger partial charge is 0.419 e. The van der Waals surface area contributed by atoms with Gasteiger partial charge in [0.15, 0.2) is 5.57 Å². The first kappa shape index (κ1) is 17.2. The van der Waals surface area contributed by atoms with Gasteiger partial charge in [0.2, 0.25) is 0 Å². The van der Waals surface area contributed by atoms with Crippen LogP contribution in [0.4, 0.5) is 5.69 Å². The number of anilines is 1. The van der Waals surface area contributed by atoms with Crippen molar-refractivity contribution in [2.45, 2.75) is 19.6 Å². The Kier molecular flexibility index (Phi) is 4.16. The van der Waals surface area contributed by atoms with E-state index in [-0.39, 0.29) is 5.57 Å². The van der Waals surface area contributed by atoms with Crippen molar-refractivity contribution in [3.05, 3.63) is 60.3 Å². The van der Waals surface area contributed by atoms with Gasteiger partial charge in [0, 0.05) is 31.3 Å². The average molecular weight is 380 g/mol. The fraction of sp³-hybridized carbons (Fsp3) is 0.150. The lowest BCUT2D eigenvalue weighted by molar-refractivity contribution is -0.222. The number of cyclic esters (lactones) is 2. The molecule has 2 aromatic carbocycles. The van der Waals surface area contributed by atoms with Crippen LogP contribution in [0.25, 0.3) is 20.8 Å². The number of fused-ring (bicyclic) bond motifs is 1. The number of rotatable bonds is 3. The van der Waals surface area contributed by atoms with Crippen molar-refractivity contribution in [1.29, 1.82) is 0 Å². The van der Waals surface area contributed by atoms with Crippen LogP contribution in [0.5, 0.6) is 0 Å². The molecule has 4 rings (SSSR count). The molecule has 0 unspecified atom stereocenters. The Morgan fingerprint density at radius 2 is 1.78 bits per heavy atom. The molecule has 7 heteroatoms. The maximum atomic E-state index is 12.0. The van der Waals surface area contributed by atoms with Crippen LogP contribution in [0.15, 0.2) is 60.3 Å². The highest BCUT2D eigenvalue weighted by Gasteiger charge is 2.38. The van der Waals surface area contributed by atoms with Crippen molar-refractivity contribution < 1.29 is 19.1 Å². The first-order valence-electron chi connectivity index (χ1n) is 8.31. The molecule has 1 aromatic heterocycles. The summed E-state index contributed by atoms with van der Waals surface area (Å²) in [4.78, 5) is 28.6. The molecule has 1 aliphatic heterocycles. The van der Waals surface area contributed by atoms with Crippen LogP contribution in [0, 0.1) is 0 Å². The Hall–Kier alpha value is -3.19. The predicted molar refractivity (Wildman–Crippen MR) is 103 cm³/mol. The van der Waals surface area contributed by atoms with Gasteiger partial charge in [-0.1, -0.05) is 24.3 Å². The van der Waals surface area contributed by atoms with Crippen molar-refractivity contribution in [3.63, 3.8) is 0 Å². The number of carbonyl (C=O) groups is 2. The molecule has 0 aliphatic carbocycles. The van der Waals surface area contributed by atoms with Gasteiger partial charge in [0.05, 0.1) is 10.2 Å². The molecule has 0 amide bonds. The van der Waals surface area contributed by atoms with Crippen LogP contribution in [-0.4, -0.2) is 22.7 Å². The van der Waals surface area contributed by atoms with Gasteiger partial charge in [-0.05, 0) is 24.3 Å². The fourth-order valence-electron chi connectivity index (χ4n) is 2.67. The minimum atomic E-state index is -1.25. The standard InChI is InChI=1S/C20H16N2O4S/c1-20(2)25-18(23)14(19(24)26-20)11-21-13-7-5-6-12(10-13)17-22-15-8-3-4-9-16(15)27-17/h3-11,21H,1-2H3. The monoisotopic (exact) mass is 380 g/mol. The number of esters is 2. The Morgan fingerprint density at radius 3 is 2.52 bits per heavy atom. The normalized spacial score (nSPS) is 16.0. The number of aromatic nitrogens is 1. The van der Waals surface area contributed by atoms with Crippen molar-refractivity contribution in [3.8, 4) is 10.6 Å². The summed E-state index contributed by atoms with van der Waals surface area (Å²) in [6, 6.07) is 15.5. The Morgan fingerprint density at radius 1 is 1.04 bits per heavy atom. The van der Waals surface area contributed by atoms with E-state index < -0.39 is 17.7 Å². The number of nitrogens with one attached hydrogen (secondary N) is 1. The molecular weight excluding hydrogens is 364 g/mol. The van der Waals surface area contributed by atoms with Crippen molar-refractivity contribution >= 4 is 39.2 Å². The van der Waals surface area contributed by atoms with E-state index in [1.54, 1.807) is 11.3 Å². The number of carbonyl (C=O) groups excluding carboxylic acids is 2. The van der Waals surface area contributed by atoms with E-state index in [4.69, 9.17) is 9.47 Å². The SMILES string of the molecule is CC1(C)OC(=O)C(=CNc2cccc(-c3nc4ccccc4s3)c2)C(=O)O1. The minimum absolute atomic E-state index is 0.181. The van der Waals surface area contributed by atoms with Gasteiger partial charge >= 0.3 is 11.9 Å². The minimum Gasteiger partial charge on any atom is -0.419 e. The van der Waals surface area contributed by atoms with Crippen LogP contribution in [0.3, 0.4) is 0 Å². The summed E-state index contributed by atoms with van der Waals surface area (Å²) in [6.07, 6.45) is 1.30. The lowest BCUT2D eigenvalue weighted by Gasteiger charge is -2.29. The van der Waals surface area contributed by atoms with E-state index in [1.165, 1.54) is 20.0 Å². The summed E-state index contributed by atoms with van der Waals surface area (Å²) in [5.74, 6) is -2.68. The lowest BCUT2D eigenvalue weighted by Crippen LogP contribution is -2.42. The van der Waals surface area contributed by atoms with Gasteiger partial charge in [-0.25, -0.2) is 14.6 Å². The quantitative estimate of drug-likeness (QED) is 0.419. The summed E-state index contributed by atoms with van der Waals surface area (Å²) in [7, 11) is 0. The molecule has 3 aromatic rings. The number of nitrogens with zero attached hydrogens (tertiary/aromatic N) is 1. The van der Waals surface area contributed by atoms with Gasteiger partial charge in [-0.3, -0.25) is 0 Å². The lowest BCUT2D eigenvalue weighted by atomic mass is 10.2. The molecule has 1 fully saturated rings. The van der Waals surface area contributed by atoms with Crippen LogP contribution < -0.4 is 5.32 Å². The number of hydrogen-bond acceptors (Lipinski definition) is 7. The Bertz CT molecular complexity index is 1030. The van der Waals surface area contributed by atoms with Crippen LogP contribution in [0.1, 0.15) is 13.8 Å². The molecule has 0 bridgehead atoms. The van der Waals surface area contributed by atoms with E-state index in [2.05, 4.69) is 10.3 Å². The maximum Gasteiger partial charge on any atom is 0.350 e. The third-order valence-corrected chi connectivity index (χ3v) is 4.99. The summed E-state index contributed by atoms with van der Waals surface area (Å²) in [5.41, 5.74) is 2.42.